The van der Waals surface area contributed by atoms with Crippen molar-refractivity contribution in [2.45, 2.75) is 6.61 Å². The number of hydrogen-bond acceptors (Lipinski definition) is 4. The largest absolute Gasteiger partial charge is 0.488 e. The minimum atomic E-state index is -0.483. The molecule has 0 spiro atoms. The lowest BCUT2D eigenvalue weighted by Crippen LogP contribution is -2.06. The molecule has 1 heterocycles. The maximum Gasteiger partial charge on any atom is 0.356 e. The van der Waals surface area contributed by atoms with E-state index < -0.39 is 5.97 Å². The quantitative estimate of drug-likeness (QED) is 0.639. The summed E-state index contributed by atoms with van der Waals surface area (Å²) in [5, 5.41) is 0.857. The second-order valence-electron chi connectivity index (χ2n) is 4.93. The van der Waals surface area contributed by atoms with Crippen molar-refractivity contribution in [3.63, 3.8) is 0 Å². The van der Waals surface area contributed by atoms with Crippen LogP contribution in [0.4, 0.5) is 0 Å². The van der Waals surface area contributed by atoms with Crippen molar-refractivity contribution in [1.29, 1.82) is 0 Å². The first kappa shape index (κ1) is 15.5. The minimum absolute atomic E-state index is 0.232. The van der Waals surface area contributed by atoms with Crippen LogP contribution in [0.5, 0.6) is 5.75 Å². The van der Waals surface area contributed by atoms with E-state index in [1.807, 2.05) is 48.5 Å². The van der Waals surface area contributed by atoms with Gasteiger partial charge in [0.15, 0.2) is 5.69 Å². The Morgan fingerprint density at radius 3 is 2.74 bits per heavy atom. The first-order valence-corrected chi connectivity index (χ1v) is 7.82. The van der Waals surface area contributed by atoms with E-state index in [4.69, 9.17) is 9.47 Å². The van der Waals surface area contributed by atoms with Gasteiger partial charge in [-0.25, -0.2) is 9.78 Å². The highest BCUT2D eigenvalue weighted by atomic mass is 79.9. The van der Waals surface area contributed by atoms with Crippen LogP contribution in [0.25, 0.3) is 10.9 Å². The third-order valence-corrected chi connectivity index (χ3v) is 3.85. The number of methoxy groups -OCH3 is 1. The Balaban J connectivity index is 1.96. The zero-order valence-corrected chi connectivity index (χ0v) is 14.0. The number of carbonyl (C=O) groups excluding carboxylic acids is 1. The molecule has 0 bridgehead atoms. The molecule has 2 aromatic carbocycles. The van der Waals surface area contributed by atoms with E-state index in [1.165, 1.54) is 7.11 Å². The lowest BCUT2D eigenvalue weighted by molar-refractivity contribution is 0.0594. The third kappa shape index (κ3) is 3.51. The summed E-state index contributed by atoms with van der Waals surface area (Å²) in [6.07, 6.45) is 0. The zero-order chi connectivity index (χ0) is 16.2. The summed E-state index contributed by atoms with van der Waals surface area (Å²) in [6.45, 7) is 0.397. The number of halogens is 1. The van der Waals surface area contributed by atoms with Gasteiger partial charge < -0.3 is 9.47 Å². The van der Waals surface area contributed by atoms with Crippen molar-refractivity contribution in [2.75, 3.05) is 7.11 Å². The number of hydrogen-bond donors (Lipinski definition) is 0. The number of ether oxygens (including phenoxy) is 2. The molecule has 3 rings (SSSR count). The Hall–Kier alpha value is -2.40. The Morgan fingerprint density at radius 2 is 1.96 bits per heavy atom. The molecule has 5 heteroatoms. The number of esters is 1. The summed E-state index contributed by atoms with van der Waals surface area (Å²) in [4.78, 5) is 16.1. The number of fused-ring (bicyclic) bond motifs is 1. The minimum Gasteiger partial charge on any atom is -0.488 e. The van der Waals surface area contributed by atoms with Gasteiger partial charge in [0.2, 0.25) is 0 Å². The van der Waals surface area contributed by atoms with E-state index in [-0.39, 0.29) is 5.69 Å². The molecule has 0 aliphatic rings. The molecule has 0 unspecified atom stereocenters. The Bertz CT molecular complexity index is 864. The van der Waals surface area contributed by atoms with Crippen LogP contribution in [0, 0.1) is 0 Å². The highest BCUT2D eigenvalue weighted by molar-refractivity contribution is 9.10. The van der Waals surface area contributed by atoms with Crippen LogP contribution in [-0.4, -0.2) is 18.1 Å². The Labute approximate surface area is 142 Å². The van der Waals surface area contributed by atoms with Crippen LogP contribution in [0.2, 0.25) is 0 Å². The molecule has 3 aromatic rings. The SMILES string of the molecule is COC(=O)c1cc(OCc2cccc(Br)c2)c2ccccc2n1. The molecule has 1 aromatic heterocycles. The van der Waals surface area contributed by atoms with E-state index in [1.54, 1.807) is 6.07 Å². The van der Waals surface area contributed by atoms with Crippen molar-refractivity contribution in [2.24, 2.45) is 0 Å². The van der Waals surface area contributed by atoms with E-state index in [2.05, 4.69) is 20.9 Å². The van der Waals surface area contributed by atoms with Crippen LogP contribution in [-0.2, 0) is 11.3 Å². The van der Waals surface area contributed by atoms with E-state index in [9.17, 15) is 4.79 Å². The highest BCUT2D eigenvalue weighted by Gasteiger charge is 2.13. The second kappa shape index (κ2) is 6.79. The van der Waals surface area contributed by atoms with Gasteiger partial charge in [-0.1, -0.05) is 40.2 Å². The molecule has 0 saturated carbocycles. The maximum absolute atomic E-state index is 11.8. The number of nitrogens with zero attached hydrogens (tertiary/aromatic N) is 1. The smallest absolute Gasteiger partial charge is 0.356 e. The highest BCUT2D eigenvalue weighted by Crippen LogP contribution is 2.26. The van der Waals surface area contributed by atoms with Gasteiger partial charge in [0, 0.05) is 15.9 Å². The molecule has 4 nitrogen and oxygen atoms in total. The van der Waals surface area contributed by atoms with Gasteiger partial charge in [-0.3, -0.25) is 0 Å². The molecular weight excluding hydrogens is 358 g/mol. The third-order valence-electron chi connectivity index (χ3n) is 3.36. The molecule has 0 saturated heterocycles. The molecule has 0 aliphatic carbocycles. The van der Waals surface area contributed by atoms with Gasteiger partial charge in [0.1, 0.15) is 12.4 Å². The molecule has 116 valence electrons. The van der Waals surface area contributed by atoms with Crippen molar-refractivity contribution >= 4 is 32.8 Å². The monoisotopic (exact) mass is 371 g/mol. The Morgan fingerprint density at radius 1 is 1.13 bits per heavy atom. The number of rotatable bonds is 4. The standard InChI is InChI=1S/C18H14BrNO3/c1-22-18(21)16-10-17(14-7-2-3-8-15(14)20-16)23-11-12-5-4-6-13(19)9-12/h2-10H,11H2,1H3. The van der Waals surface area contributed by atoms with Gasteiger partial charge in [-0.05, 0) is 29.8 Å². The molecule has 0 amide bonds. The summed E-state index contributed by atoms with van der Waals surface area (Å²) in [6, 6.07) is 17.0. The van der Waals surface area contributed by atoms with E-state index in [0.29, 0.717) is 17.9 Å². The van der Waals surface area contributed by atoms with Crippen molar-refractivity contribution in [1.82, 2.24) is 4.98 Å². The van der Waals surface area contributed by atoms with Crippen molar-refractivity contribution in [3.05, 3.63) is 70.3 Å². The summed E-state index contributed by atoms with van der Waals surface area (Å²) >= 11 is 3.44. The first-order valence-electron chi connectivity index (χ1n) is 7.03. The predicted octanol–water partition coefficient (Wildman–Crippen LogP) is 4.36. The number of aromatic nitrogens is 1. The fraction of sp³-hybridized carbons (Fsp3) is 0.111. The first-order chi connectivity index (χ1) is 11.2. The number of benzene rings is 2. The summed E-state index contributed by atoms with van der Waals surface area (Å²) in [7, 11) is 1.33. The van der Waals surface area contributed by atoms with Crippen molar-refractivity contribution in [3.8, 4) is 5.75 Å². The normalized spacial score (nSPS) is 10.5. The van der Waals surface area contributed by atoms with Gasteiger partial charge in [0.25, 0.3) is 0 Å². The number of para-hydroxylation sites is 1. The van der Waals surface area contributed by atoms with Gasteiger partial charge in [-0.15, -0.1) is 0 Å². The van der Waals surface area contributed by atoms with Crippen LogP contribution in [0.15, 0.2) is 59.1 Å². The molecular formula is C18H14BrNO3. The molecule has 0 aliphatic heterocycles. The molecule has 0 N–H and O–H groups in total. The molecule has 0 atom stereocenters. The van der Waals surface area contributed by atoms with Gasteiger partial charge in [0.05, 0.1) is 12.6 Å². The lowest BCUT2D eigenvalue weighted by atomic mass is 10.1. The maximum atomic E-state index is 11.8. The molecule has 0 fully saturated rings. The Kier molecular flexibility index (Phi) is 4.57. The van der Waals surface area contributed by atoms with Crippen LogP contribution >= 0.6 is 15.9 Å². The molecule has 0 radical (unpaired) electrons. The average molecular weight is 372 g/mol. The van der Waals surface area contributed by atoms with E-state index >= 15 is 0 Å². The zero-order valence-electron chi connectivity index (χ0n) is 12.5. The number of carbonyl (C=O) groups is 1. The fourth-order valence-electron chi connectivity index (χ4n) is 2.26. The molecule has 23 heavy (non-hydrogen) atoms. The predicted molar refractivity (Wildman–Crippen MR) is 91.6 cm³/mol. The van der Waals surface area contributed by atoms with Crippen LogP contribution < -0.4 is 4.74 Å². The lowest BCUT2D eigenvalue weighted by Gasteiger charge is -2.11. The average Bonchev–Trinajstić information content (AvgIpc) is 2.58. The topological polar surface area (TPSA) is 48.4 Å². The van der Waals surface area contributed by atoms with Crippen LogP contribution in [0.1, 0.15) is 16.1 Å². The van der Waals surface area contributed by atoms with Gasteiger partial charge in [-0.2, -0.15) is 0 Å². The van der Waals surface area contributed by atoms with Crippen LogP contribution in [0.3, 0.4) is 0 Å². The summed E-state index contributed by atoms with van der Waals surface area (Å²) in [5.74, 6) is 0.124. The van der Waals surface area contributed by atoms with E-state index in [0.717, 1.165) is 15.4 Å². The second-order valence-corrected chi connectivity index (χ2v) is 5.85. The number of pyridine rings is 1. The van der Waals surface area contributed by atoms with Gasteiger partial charge >= 0.3 is 5.97 Å². The summed E-state index contributed by atoms with van der Waals surface area (Å²) < 4.78 is 11.7. The fourth-order valence-corrected chi connectivity index (χ4v) is 2.71. The van der Waals surface area contributed by atoms with Crippen molar-refractivity contribution < 1.29 is 14.3 Å². The summed E-state index contributed by atoms with van der Waals surface area (Å²) in [5.41, 5.74) is 1.95.